The molecule has 0 aliphatic heterocycles. The molecule has 5 heteroatoms. The Morgan fingerprint density at radius 3 is 2.33 bits per heavy atom. The summed E-state index contributed by atoms with van der Waals surface area (Å²) in [6.45, 7) is 1.63. The van der Waals surface area contributed by atoms with Crippen LogP contribution in [0.1, 0.15) is 12.5 Å². The Balaban J connectivity index is 2.05. The highest BCUT2D eigenvalue weighted by Crippen LogP contribution is 2.14. The van der Waals surface area contributed by atoms with Gasteiger partial charge in [0.05, 0.1) is 22.4 Å². The van der Waals surface area contributed by atoms with Crippen molar-refractivity contribution in [2.75, 3.05) is 5.32 Å². The van der Waals surface area contributed by atoms with E-state index >= 15 is 0 Å². The summed E-state index contributed by atoms with van der Waals surface area (Å²) in [7, 11) is -1.40. The molecule has 0 aliphatic rings. The highest BCUT2D eigenvalue weighted by molar-refractivity contribution is 7.86. The second kappa shape index (κ2) is 6.82. The van der Waals surface area contributed by atoms with E-state index in [2.05, 4.69) is 5.32 Å². The minimum absolute atomic E-state index is 0.318. The van der Waals surface area contributed by atoms with Crippen LogP contribution in [0.4, 0.5) is 5.69 Å². The monoisotopic (exact) mass is 298 g/mol. The minimum atomic E-state index is -1.40. The fraction of sp³-hybridized carbons (Fsp3) is 0.125. The molecule has 0 saturated carbocycles. The predicted octanol–water partition coefficient (Wildman–Crippen LogP) is 2.69. The first-order valence-corrected chi connectivity index (χ1v) is 7.60. The van der Waals surface area contributed by atoms with Gasteiger partial charge in [-0.25, -0.2) is 0 Å². The van der Waals surface area contributed by atoms with Gasteiger partial charge in [0.15, 0.2) is 0 Å². The van der Waals surface area contributed by atoms with Crippen LogP contribution in [0, 0.1) is 11.3 Å². The summed E-state index contributed by atoms with van der Waals surface area (Å²) in [6, 6.07) is 17.4. The maximum atomic E-state index is 12.3. The van der Waals surface area contributed by atoms with Crippen LogP contribution in [-0.4, -0.2) is 15.4 Å². The first-order chi connectivity index (χ1) is 10.1. The van der Waals surface area contributed by atoms with Gasteiger partial charge in [-0.2, -0.15) is 5.26 Å². The summed E-state index contributed by atoms with van der Waals surface area (Å²) in [5.74, 6) is -0.318. The van der Waals surface area contributed by atoms with Gasteiger partial charge in [0.2, 0.25) is 5.91 Å². The molecule has 0 heterocycles. The third kappa shape index (κ3) is 3.77. The first-order valence-electron chi connectivity index (χ1n) is 6.38. The van der Waals surface area contributed by atoms with Gasteiger partial charge in [-0.3, -0.25) is 9.00 Å². The van der Waals surface area contributed by atoms with E-state index in [9.17, 15) is 9.00 Å². The number of anilines is 1. The van der Waals surface area contributed by atoms with E-state index < -0.39 is 16.0 Å². The van der Waals surface area contributed by atoms with Crippen molar-refractivity contribution in [3.63, 3.8) is 0 Å². The number of amides is 1. The van der Waals surface area contributed by atoms with Crippen molar-refractivity contribution in [1.82, 2.24) is 0 Å². The molecular formula is C16H14N2O2S. The number of benzene rings is 2. The van der Waals surface area contributed by atoms with E-state index in [-0.39, 0.29) is 5.91 Å². The van der Waals surface area contributed by atoms with Crippen molar-refractivity contribution < 1.29 is 9.00 Å². The van der Waals surface area contributed by atoms with Crippen LogP contribution in [0.3, 0.4) is 0 Å². The van der Waals surface area contributed by atoms with Crippen molar-refractivity contribution in [2.24, 2.45) is 0 Å². The van der Waals surface area contributed by atoms with Crippen LogP contribution in [0.5, 0.6) is 0 Å². The van der Waals surface area contributed by atoms with Crippen molar-refractivity contribution in [2.45, 2.75) is 17.1 Å². The average molecular weight is 298 g/mol. The van der Waals surface area contributed by atoms with Gasteiger partial charge in [0.1, 0.15) is 5.25 Å². The normalized spacial score (nSPS) is 13.0. The maximum Gasteiger partial charge on any atom is 0.240 e. The topological polar surface area (TPSA) is 70.0 Å². The van der Waals surface area contributed by atoms with Crippen molar-refractivity contribution in [1.29, 1.82) is 5.26 Å². The Morgan fingerprint density at radius 2 is 1.76 bits per heavy atom. The lowest BCUT2D eigenvalue weighted by Crippen LogP contribution is -2.29. The van der Waals surface area contributed by atoms with Crippen LogP contribution in [0.25, 0.3) is 0 Å². The molecular weight excluding hydrogens is 284 g/mol. The highest BCUT2D eigenvalue weighted by Gasteiger charge is 2.21. The number of nitrogens with zero attached hydrogens (tertiary/aromatic N) is 1. The molecule has 0 spiro atoms. The van der Waals surface area contributed by atoms with Crippen LogP contribution in [0.15, 0.2) is 59.5 Å². The Kier molecular flexibility index (Phi) is 4.85. The van der Waals surface area contributed by atoms with Gasteiger partial charge in [-0.15, -0.1) is 0 Å². The molecule has 4 nitrogen and oxygen atoms in total. The van der Waals surface area contributed by atoms with Crippen LogP contribution >= 0.6 is 0 Å². The van der Waals surface area contributed by atoms with Gasteiger partial charge in [-0.05, 0) is 43.3 Å². The van der Waals surface area contributed by atoms with Gasteiger partial charge < -0.3 is 5.32 Å². The third-order valence-electron chi connectivity index (χ3n) is 2.95. The molecule has 2 aromatic carbocycles. The Morgan fingerprint density at radius 1 is 1.14 bits per heavy atom. The molecule has 0 aliphatic carbocycles. The lowest BCUT2D eigenvalue weighted by atomic mass is 10.2. The summed E-state index contributed by atoms with van der Waals surface area (Å²) < 4.78 is 12.3. The van der Waals surface area contributed by atoms with E-state index in [4.69, 9.17) is 5.26 Å². The number of carbonyl (C=O) groups is 1. The summed E-state index contributed by atoms with van der Waals surface area (Å²) in [6.07, 6.45) is 0. The van der Waals surface area contributed by atoms with Crippen molar-refractivity contribution in [3.05, 3.63) is 60.2 Å². The van der Waals surface area contributed by atoms with E-state index in [1.807, 2.05) is 12.1 Å². The fourth-order valence-corrected chi connectivity index (χ4v) is 2.81. The second-order valence-corrected chi connectivity index (χ2v) is 6.20. The lowest BCUT2D eigenvalue weighted by molar-refractivity contribution is -0.115. The number of nitriles is 1. The van der Waals surface area contributed by atoms with Gasteiger partial charge >= 0.3 is 0 Å². The Labute approximate surface area is 125 Å². The molecule has 0 saturated heterocycles. The van der Waals surface area contributed by atoms with Crippen LogP contribution in [-0.2, 0) is 15.6 Å². The molecule has 0 bridgehead atoms. The number of hydrogen-bond donors (Lipinski definition) is 1. The third-order valence-corrected chi connectivity index (χ3v) is 4.54. The van der Waals surface area contributed by atoms with E-state index in [1.54, 1.807) is 55.5 Å². The zero-order valence-electron chi connectivity index (χ0n) is 11.4. The molecule has 1 N–H and O–H groups in total. The lowest BCUT2D eigenvalue weighted by Gasteiger charge is -2.12. The molecule has 0 aromatic heterocycles. The van der Waals surface area contributed by atoms with Crippen molar-refractivity contribution >= 4 is 22.4 Å². The Bertz CT molecular complexity index is 690. The van der Waals surface area contributed by atoms with Crippen LogP contribution < -0.4 is 5.32 Å². The molecule has 106 valence electrons. The number of hydrogen-bond acceptors (Lipinski definition) is 3. The summed E-state index contributed by atoms with van der Waals surface area (Å²) >= 11 is 0. The van der Waals surface area contributed by atoms with E-state index in [0.29, 0.717) is 16.1 Å². The first kappa shape index (κ1) is 14.9. The minimum Gasteiger partial charge on any atom is -0.325 e. The predicted molar refractivity (Wildman–Crippen MR) is 82.1 cm³/mol. The molecule has 0 fully saturated rings. The number of carbonyl (C=O) groups excluding carboxylic acids is 1. The smallest absolute Gasteiger partial charge is 0.240 e. The summed E-state index contributed by atoms with van der Waals surface area (Å²) in [5, 5.41) is 10.8. The van der Waals surface area contributed by atoms with E-state index in [1.165, 1.54) is 0 Å². The van der Waals surface area contributed by atoms with Crippen LogP contribution in [0.2, 0.25) is 0 Å². The average Bonchev–Trinajstić information content (AvgIpc) is 2.55. The molecule has 2 atom stereocenters. The maximum absolute atomic E-state index is 12.3. The summed E-state index contributed by atoms with van der Waals surface area (Å²) in [5.41, 5.74) is 1.10. The number of rotatable bonds is 4. The van der Waals surface area contributed by atoms with Gasteiger partial charge in [0.25, 0.3) is 0 Å². The number of nitrogens with one attached hydrogen (secondary N) is 1. The fourth-order valence-electron chi connectivity index (χ4n) is 1.73. The quantitative estimate of drug-likeness (QED) is 0.943. The molecule has 2 aromatic rings. The van der Waals surface area contributed by atoms with Gasteiger partial charge in [0, 0.05) is 10.6 Å². The standard InChI is InChI=1S/C16H14N2O2S/c1-12(21(20)15-5-3-2-4-6-15)16(19)18-14-9-7-13(11-17)8-10-14/h2-10,12H,1H3,(H,18,19). The Hall–Kier alpha value is -2.45. The molecule has 21 heavy (non-hydrogen) atoms. The molecule has 1 amide bonds. The zero-order chi connectivity index (χ0) is 15.2. The summed E-state index contributed by atoms with van der Waals surface area (Å²) in [4.78, 5) is 12.7. The molecule has 2 rings (SSSR count). The van der Waals surface area contributed by atoms with Gasteiger partial charge in [-0.1, -0.05) is 18.2 Å². The zero-order valence-corrected chi connectivity index (χ0v) is 12.3. The van der Waals surface area contributed by atoms with E-state index in [0.717, 1.165) is 0 Å². The van der Waals surface area contributed by atoms with Crippen molar-refractivity contribution in [3.8, 4) is 6.07 Å². The largest absolute Gasteiger partial charge is 0.325 e. The highest BCUT2D eigenvalue weighted by atomic mass is 32.2. The second-order valence-electron chi connectivity index (χ2n) is 4.43. The SMILES string of the molecule is CC(C(=O)Nc1ccc(C#N)cc1)S(=O)c1ccccc1. The molecule has 2 unspecified atom stereocenters. The molecule has 0 radical (unpaired) electrons.